The zero-order valence-electron chi connectivity index (χ0n) is 8.05. The summed E-state index contributed by atoms with van der Waals surface area (Å²) in [6, 6.07) is 3.70. The van der Waals surface area contributed by atoms with Crippen molar-refractivity contribution in [3.8, 4) is 0 Å². The maximum absolute atomic E-state index is 12.0. The minimum Gasteiger partial charge on any atom is -0.504 e. The Kier molecular flexibility index (Phi) is 4.06. The molecule has 1 aromatic rings. The summed E-state index contributed by atoms with van der Waals surface area (Å²) in [6.45, 7) is 0. The number of rotatable bonds is 2. The van der Waals surface area contributed by atoms with Gasteiger partial charge in [-0.25, -0.2) is 0 Å². The van der Waals surface area contributed by atoms with Crippen LogP contribution < -0.4 is 0 Å². The highest BCUT2D eigenvalue weighted by atomic mass is 35.5. The van der Waals surface area contributed by atoms with E-state index in [-0.39, 0.29) is 21.7 Å². The molecule has 1 aromatic carbocycles. The van der Waals surface area contributed by atoms with E-state index in [0.717, 1.165) is 0 Å². The first-order valence-corrected chi connectivity index (χ1v) is 4.94. The fourth-order valence-corrected chi connectivity index (χ4v) is 1.47. The third-order valence-electron chi connectivity index (χ3n) is 1.75. The maximum Gasteiger partial charge on any atom is 0.448 e. The highest BCUT2D eigenvalue weighted by molar-refractivity contribution is 6.37. The minimum atomic E-state index is -4.96. The number of hydrogen-bond donors (Lipinski definition) is 1. The molecule has 0 saturated heterocycles. The molecular weight excluding hydrogens is 280 g/mol. The number of benzene rings is 1. The first-order valence-electron chi connectivity index (χ1n) is 4.19. The number of hydrogen-bond acceptors (Lipinski definition) is 2. The smallest absolute Gasteiger partial charge is 0.448 e. The third kappa shape index (κ3) is 3.64. The van der Waals surface area contributed by atoms with Gasteiger partial charge in [0, 0.05) is 16.7 Å². The van der Waals surface area contributed by atoms with E-state index in [2.05, 4.69) is 0 Å². The lowest BCUT2D eigenvalue weighted by molar-refractivity contribution is -0.120. The number of carbonyl (C=O) groups excluding carboxylic acids is 1. The van der Waals surface area contributed by atoms with Gasteiger partial charge in [0.1, 0.15) is 0 Å². The fourth-order valence-electron chi connectivity index (χ4n) is 0.973. The van der Waals surface area contributed by atoms with Crippen LogP contribution in [-0.4, -0.2) is 17.1 Å². The molecule has 0 fully saturated rings. The summed E-state index contributed by atoms with van der Waals surface area (Å²) < 4.78 is 35.9. The summed E-state index contributed by atoms with van der Waals surface area (Å²) in [5.41, 5.74) is -0.174. The largest absolute Gasteiger partial charge is 0.504 e. The van der Waals surface area contributed by atoms with Crippen molar-refractivity contribution in [3.05, 3.63) is 45.6 Å². The summed E-state index contributed by atoms with van der Waals surface area (Å²) in [5.74, 6) is -3.03. The number of aliphatic hydroxyl groups excluding tert-OH is 1. The average Bonchev–Trinajstić information content (AvgIpc) is 2.15. The topological polar surface area (TPSA) is 37.3 Å². The van der Waals surface area contributed by atoms with Gasteiger partial charge in [0.15, 0.2) is 5.78 Å². The maximum atomic E-state index is 12.0. The van der Waals surface area contributed by atoms with Crippen molar-refractivity contribution < 1.29 is 23.1 Å². The van der Waals surface area contributed by atoms with E-state index in [1.165, 1.54) is 18.2 Å². The lowest BCUT2D eigenvalue weighted by Gasteiger charge is -2.05. The quantitative estimate of drug-likeness (QED) is 0.503. The van der Waals surface area contributed by atoms with Crippen LogP contribution in [0.15, 0.2) is 30.0 Å². The molecule has 1 N–H and O–H groups in total. The second-order valence-electron chi connectivity index (χ2n) is 3.02. The van der Waals surface area contributed by atoms with Gasteiger partial charge in [-0.3, -0.25) is 4.79 Å². The molecule has 2 nitrogen and oxygen atoms in total. The molecule has 92 valence electrons. The molecule has 1 rings (SSSR count). The molecule has 0 aliphatic rings. The SMILES string of the molecule is O=C(C=C(O)C(F)(F)F)c1ccc(Cl)cc1Cl. The molecule has 17 heavy (non-hydrogen) atoms. The van der Waals surface area contributed by atoms with E-state index in [1.54, 1.807) is 0 Å². The van der Waals surface area contributed by atoms with E-state index >= 15 is 0 Å². The number of halogens is 5. The molecular formula is C10H5Cl2F3O2. The Labute approximate surface area is 104 Å². The van der Waals surface area contributed by atoms with Crippen LogP contribution in [0, 0.1) is 0 Å². The van der Waals surface area contributed by atoms with Gasteiger partial charge in [-0.05, 0) is 18.2 Å². The summed E-state index contributed by atoms with van der Waals surface area (Å²) in [5, 5.41) is 8.77. The molecule has 0 aliphatic heterocycles. The van der Waals surface area contributed by atoms with Crippen molar-refractivity contribution in [1.82, 2.24) is 0 Å². The first-order chi connectivity index (χ1) is 7.71. The summed E-state index contributed by atoms with van der Waals surface area (Å²) in [6.07, 6.45) is -4.90. The fraction of sp³-hybridized carbons (Fsp3) is 0.100. The number of ketones is 1. The lowest BCUT2D eigenvalue weighted by Crippen LogP contribution is -2.13. The Morgan fingerprint density at radius 3 is 2.35 bits per heavy atom. The van der Waals surface area contributed by atoms with Crippen molar-refractivity contribution in [2.75, 3.05) is 0 Å². The van der Waals surface area contributed by atoms with Gasteiger partial charge in [-0.15, -0.1) is 0 Å². The van der Waals surface area contributed by atoms with Crippen molar-refractivity contribution in [2.45, 2.75) is 6.18 Å². The van der Waals surface area contributed by atoms with Gasteiger partial charge in [0.25, 0.3) is 0 Å². The van der Waals surface area contributed by atoms with E-state index in [1.807, 2.05) is 0 Å². The van der Waals surface area contributed by atoms with Crippen molar-refractivity contribution in [2.24, 2.45) is 0 Å². The molecule has 0 unspecified atom stereocenters. The molecule has 0 heterocycles. The number of allylic oxidation sites excluding steroid dienone is 2. The van der Waals surface area contributed by atoms with E-state index in [9.17, 15) is 18.0 Å². The molecule has 0 aromatic heterocycles. The van der Waals surface area contributed by atoms with Crippen LogP contribution in [0.5, 0.6) is 0 Å². The standard InChI is InChI=1S/C10H5Cl2F3O2/c11-5-1-2-6(7(12)3-5)8(16)4-9(17)10(13,14)15/h1-4,17H. The minimum absolute atomic E-state index is 0.0646. The van der Waals surface area contributed by atoms with Crippen molar-refractivity contribution >= 4 is 29.0 Å². The highest BCUT2D eigenvalue weighted by Crippen LogP contribution is 2.25. The van der Waals surface area contributed by atoms with Crippen molar-refractivity contribution in [3.63, 3.8) is 0 Å². The Morgan fingerprint density at radius 1 is 1.29 bits per heavy atom. The summed E-state index contributed by atoms with van der Waals surface area (Å²) in [7, 11) is 0. The molecule has 0 amide bonds. The van der Waals surface area contributed by atoms with Gasteiger partial charge >= 0.3 is 6.18 Å². The molecule has 0 radical (unpaired) electrons. The molecule has 0 atom stereocenters. The Bertz CT molecular complexity index is 481. The van der Waals surface area contributed by atoms with Gasteiger partial charge in [-0.2, -0.15) is 13.2 Å². The van der Waals surface area contributed by atoms with Crippen LogP contribution in [0.1, 0.15) is 10.4 Å². The monoisotopic (exact) mass is 284 g/mol. The van der Waals surface area contributed by atoms with Crippen LogP contribution in [0.2, 0.25) is 10.0 Å². The van der Waals surface area contributed by atoms with Gasteiger partial charge in [-0.1, -0.05) is 23.2 Å². The number of alkyl halides is 3. The van der Waals surface area contributed by atoms with Gasteiger partial charge < -0.3 is 5.11 Å². The van der Waals surface area contributed by atoms with E-state index < -0.39 is 17.7 Å². The Morgan fingerprint density at radius 2 is 1.88 bits per heavy atom. The second-order valence-corrected chi connectivity index (χ2v) is 3.86. The Hall–Kier alpha value is -1.20. The highest BCUT2D eigenvalue weighted by Gasteiger charge is 2.34. The van der Waals surface area contributed by atoms with Crippen LogP contribution in [0.3, 0.4) is 0 Å². The van der Waals surface area contributed by atoms with Gasteiger partial charge in [0.05, 0.1) is 5.02 Å². The molecule has 7 heteroatoms. The Balaban J connectivity index is 3.06. The average molecular weight is 285 g/mol. The number of aliphatic hydroxyl groups is 1. The van der Waals surface area contributed by atoms with E-state index in [0.29, 0.717) is 0 Å². The predicted molar refractivity (Wildman–Crippen MR) is 57.6 cm³/mol. The zero-order valence-corrected chi connectivity index (χ0v) is 9.57. The van der Waals surface area contributed by atoms with Crippen LogP contribution in [0.25, 0.3) is 0 Å². The van der Waals surface area contributed by atoms with Crippen LogP contribution >= 0.6 is 23.2 Å². The summed E-state index contributed by atoms with van der Waals surface area (Å²) in [4.78, 5) is 11.4. The summed E-state index contributed by atoms with van der Waals surface area (Å²) >= 11 is 11.2. The predicted octanol–water partition coefficient (Wildman–Crippen LogP) is 4.18. The van der Waals surface area contributed by atoms with E-state index in [4.69, 9.17) is 28.3 Å². The number of carbonyl (C=O) groups is 1. The first kappa shape index (κ1) is 13.9. The third-order valence-corrected chi connectivity index (χ3v) is 2.30. The molecule has 0 aliphatic carbocycles. The lowest BCUT2D eigenvalue weighted by atomic mass is 10.1. The molecule has 0 saturated carbocycles. The molecule has 0 spiro atoms. The second kappa shape index (κ2) is 4.98. The van der Waals surface area contributed by atoms with Gasteiger partial charge in [0.2, 0.25) is 5.76 Å². The van der Waals surface area contributed by atoms with Crippen molar-refractivity contribution in [1.29, 1.82) is 0 Å². The normalized spacial score (nSPS) is 12.6. The van der Waals surface area contributed by atoms with Crippen LogP contribution in [0.4, 0.5) is 13.2 Å². The zero-order chi connectivity index (χ0) is 13.2. The van der Waals surface area contributed by atoms with Crippen LogP contribution in [-0.2, 0) is 0 Å². The molecule has 0 bridgehead atoms.